The summed E-state index contributed by atoms with van der Waals surface area (Å²) < 4.78 is 2.23. The third kappa shape index (κ3) is 2.05. The summed E-state index contributed by atoms with van der Waals surface area (Å²) in [5.41, 5.74) is 2.88. The molecule has 1 fully saturated rings. The normalized spacial score (nSPS) is 15.5. The predicted octanol–water partition coefficient (Wildman–Crippen LogP) is 3.60. The van der Waals surface area contributed by atoms with Crippen molar-refractivity contribution in [3.63, 3.8) is 0 Å². The maximum atomic E-state index is 12.0. The first-order valence-corrected chi connectivity index (χ1v) is 6.65. The Morgan fingerprint density at radius 1 is 1.44 bits per heavy atom. The molecule has 94 valence electrons. The minimum absolute atomic E-state index is 0.216. The number of imidazole rings is 1. The molecule has 1 saturated carbocycles. The Morgan fingerprint density at radius 3 is 2.89 bits per heavy atom. The Balaban J connectivity index is 1.94. The molecule has 2 aromatic rings. The lowest BCUT2D eigenvalue weighted by molar-refractivity contribution is 0.0968. The number of nitrogens with zero attached hydrogens (tertiary/aromatic N) is 2. The lowest BCUT2D eigenvalue weighted by Crippen LogP contribution is -2.03. The Morgan fingerprint density at radius 2 is 2.22 bits per heavy atom. The highest BCUT2D eigenvalue weighted by Crippen LogP contribution is 2.37. The second kappa shape index (κ2) is 4.23. The third-order valence-corrected chi connectivity index (χ3v) is 3.43. The van der Waals surface area contributed by atoms with Gasteiger partial charge in [-0.15, -0.1) is 0 Å². The SMILES string of the molecule is CC(C)CC(=O)c1ccc2c(c1)ncn2C1CC1. The fourth-order valence-corrected chi connectivity index (χ4v) is 2.34. The van der Waals surface area contributed by atoms with E-state index in [4.69, 9.17) is 0 Å². The van der Waals surface area contributed by atoms with Crippen molar-refractivity contribution in [2.45, 2.75) is 39.2 Å². The molecule has 0 unspecified atom stereocenters. The Hall–Kier alpha value is -1.64. The van der Waals surface area contributed by atoms with Crippen LogP contribution in [0.25, 0.3) is 11.0 Å². The van der Waals surface area contributed by atoms with Gasteiger partial charge in [0, 0.05) is 18.0 Å². The van der Waals surface area contributed by atoms with Gasteiger partial charge in [0.2, 0.25) is 0 Å². The topological polar surface area (TPSA) is 34.9 Å². The van der Waals surface area contributed by atoms with E-state index >= 15 is 0 Å². The van der Waals surface area contributed by atoms with Crippen LogP contribution in [-0.4, -0.2) is 15.3 Å². The maximum Gasteiger partial charge on any atom is 0.163 e. The molecule has 0 bridgehead atoms. The number of ketones is 1. The van der Waals surface area contributed by atoms with Gasteiger partial charge in [-0.25, -0.2) is 4.98 Å². The summed E-state index contributed by atoms with van der Waals surface area (Å²) in [5, 5.41) is 0. The molecular formula is C15H18N2O. The molecule has 18 heavy (non-hydrogen) atoms. The number of carbonyl (C=O) groups excluding carboxylic acids is 1. The van der Waals surface area contributed by atoms with Crippen LogP contribution in [0, 0.1) is 5.92 Å². The van der Waals surface area contributed by atoms with Gasteiger partial charge in [0.15, 0.2) is 5.78 Å². The molecule has 1 aromatic heterocycles. The molecule has 0 spiro atoms. The van der Waals surface area contributed by atoms with E-state index in [1.807, 2.05) is 24.5 Å². The van der Waals surface area contributed by atoms with Crippen LogP contribution < -0.4 is 0 Å². The summed E-state index contributed by atoms with van der Waals surface area (Å²) in [4.78, 5) is 16.4. The van der Waals surface area contributed by atoms with Gasteiger partial charge >= 0.3 is 0 Å². The van der Waals surface area contributed by atoms with Gasteiger partial charge in [-0.1, -0.05) is 13.8 Å². The second-order valence-corrected chi connectivity index (χ2v) is 5.61. The van der Waals surface area contributed by atoms with Crippen LogP contribution in [0.3, 0.4) is 0 Å². The van der Waals surface area contributed by atoms with Crippen LogP contribution in [0.2, 0.25) is 0 Å². The van der Waals surface area contributed by atoms with E-state index < -0.39 is 0 Å². The highest BCUT2D eigenvalue weighted by Gasteiger charge is 2.25. The molecule has 1 aromatic carbocycles. The van der Waals surface area contributed by atoms with Crippen LogP contribution in [0.5, 0.6) is 0 Å². The lowest BCUT2D eigenvalue weighted by Gasteiger charge is -2.05. The van der Waals surface area contributed by atoms with E-state index in [1.54, 1.807) is 0 Å². The maximum absolute atomic E-state index is 12.0. The number of aromatic nitrogens is 2. The molecule has 0 amide bonds. The van der Waals surface area contributed by atoms with Gasteiger partial charge in [0.05, 0.1) is 17.4 Å². The molecule has 1 heterocycles. The van der Waals surface area contributed by atoms with Crippen molar-refractivity contribution in [3.05, 3.63) is 30.1 Å². The number of fused-ring (bicyclic) bond motifs is 1. The summed E-state index contributed by atoms with van der Waals surface area (Å²) in [6.07, 6.45) is 5.01. The van der Waals surface area contributed by atoms with Crippen LogP contribution in [0.15, 0.2) is 24.5 Å². The van der Waals surface area contributed by atoms with Crippen molar-refractivity contribution in [2.75, 3.05) is 0 Å². The van der Waals surface area contributed by atoms with Crippen LogP contribution >= 0.6 is 0 Å². The monoisotopic (exact) mass is 242 g/mol. The van der Waals surface area contributed by atoms with E-state index in [2.05, 4.69) is 23.4 Å². The van der Waals surface area contributed by atoms with Gasteiger partial charge in [-0.3, -0.25) is 4.79 Å². The van der Waals surface area contributed by atoms with Gasteiger partial charge < -0.3 is 4.57 Å². The number of carbonyl (C=O) groups is 1. The van der Waals surface area contributed by atoms with Crippen molar-refractivity contribution in [2.24, 2.45) is 5.92 Å². The van der Waals surface area contributed by atoms with E-state index in [0.717, 1.165) is 16.6 Å². The first-order valence-electron chi connectivity index (χ1n) is 6.65. The Labute approximate surface area is 107 Å². The standard InChI is InChI=1S/C15H18N2O/c1-10(2)7-15(18)11-3-6-14-13(8-11)16-9-17(14)12-4-5-12/h3,6,8-10,12H,4-5,7H2,1-2H3. The van der Waals surface area contributed by atoms with E-state index in [9.17, 15) is 4.79 Å². The fraction of sp³-hybridized carbons (Fsp3) is 0.467. The van der Waals surface area contributed by atoms with Crippen LogP contribution in [0.1, 0.15) is 49.5 Å². The zero-order chi connectivity index (χ0) is 12.7. The summed E-state index contributed by atoms with van der Waals surface area (Å²) in [6, 6.07) is 6.54. The van der Waals surface area contributed by atoms with Gasteiger partial charge in [0.25, 0.3) is 0 Å². The molecule has 0 atom stereocenters. The summed E-state index contributed by atoms with van der Waals surface area (Å²) in [6.45, 7) is 4.14. The van der Waals surface area contributed by atoms with E-state index in [0.29, 0.717) is 18.4 Å². The van der Waals surface area contributed by atoms with Gasteiger partial charge in [-0.05, 0) is 37.0 Å². The molecule has 0 aliphatic heterocycles. The average molecular weight is 242 g/mol. The summed E-state index contributed by atoms with van der Waals surface area (Å²) in [5.74, 6) is 0.616. The number of Topliss-reactive ketones (excluding diaryl/α,β-unsaturated/α-hetero) is 1. The quantitative estimate of drug-likeness (QED) is 0.768. The largest absolute Gasteiger partial charge is 0.327 e. The molecule has 1 aliphatic carbocycles. The zero-order valence-corrected chi connectivity index (χ0v) is 10.9. The average Bonchev–Trinajstić information content (AvgIpc) is 3.08. The van der Waals surface area contributed by atoms with Crippen molar-refractivity contribution < 1.29 is 4.79 Å². The molecule has 0 N–H and O–H groups in total. The number of benzene rings is 1. The first-order chi connectivity index (χ1) is 8.65. The minimum Gasteiger partial charge on any atom is -0.327 e. The first kappa shape index (κ1) is 11.5. The molecule has 0 radical (unpaired) electrons. The van der Waals surface area contributed by atoms with Crippen molar-refractivity contribution in [1.29, 1.82) is 0 Å². The van der Waals surface area contributed by atoms with Crippen molar-refractivity contribution in [1.82, 2.24) is 9.55 Å². The van der Waals surface area contributed by atoms with Crippen LogP contribution in [-0.2, 0) is 0 Å². The lowest BCUT2D eigenvalue weighted by atomic mass is 10.0. The fourth-order valence-electron chi connectivity index (χ4n) is 2.34. The molecule has 0 saturated heterocycles. The number of hydrogen-bond donors (Lipinski definition) is 0. The number of hydrogen-bond acceptors (Lipinski definition) is 2. The van der Waals surface area contributed by atoms with E-state index in [1.165, 1.54) is 12.8 Å². The smallest absolute Gasteiger partial charge is 0.163 e. The Kier molecular flexibility index (Phi) is 2.69. The van der Waals surface area contributed by atoms with Crippen molar-refractivity contribution >= 4 is 16.8 Å². The summed E-state index contributed by atoms with van der Waals surface area (Å²) in [7, 11) is 0. The third-order valence-electron chi connectivity index (χ3n) is 3.43. The summed E-state index contributed by atoms with van der Waals surface area (Å²) >= 11 is 0. The van der Waals surface area contributed by atoms with E-state index in [-0.39, 0.29) is 5.78 Å². The number of rotatable bonds is 4. The van der Waals surface area contributed by atoms with Crippen molar-refractivity contribution in [3.8, 4) is 0 Å². The van der Waals surface area contributed by atoms with Crippen LogP contribution in [0.4, 0.5) is 0 Å². The zero-order valence-electron chi connectivity index (χ0n) is 10.9. The molecule has 3 nitrogen and oxygen atoms in total. The molecule has 3 rings (SSSR count). The highest BCUT2D eigenvalue weighted by atomic mass is 16.1. The highest BCUT2D eigenvalue weighted by molar-refractivity contribution is 5.99. The van der Waals surface area contributed by atoms with Gasteiger partial charge in [-0.2, -0.15) is 0 Å². The van der Waals surface area contributed by atoms with Gasteiger partial charge in [0.1, 0.15) is 0 Å². The molecule has 3 heteroatoms. The molecular weight excluding hydrogens is 224 g/mol. The minimum atomic E-state index is 0.216. The molecule has 1 aliphatic rings. The predicted molar refractivity (Wildman–Crippen MR) is 71.8 cm³/mol. The second-order valence-electron chi connectivity index (χ2n) is 5.61. The Bertz CT molecular complexity index is 594.